The Balaban J connectivity index is 1.19. The SMILES string of the molecule is Cc1cc(C(=O)N2CC(Oc3ccc(-c4nc(-c5ccccc5)no4)cc3)C2)n(C)n1. The number of benzene rings is 2. The first kappa shape index (κ1) is 19.0. The number of nitrogens with zero attached hydrogens (tertiary/aromatic N) is 5. The molecule has 4 aromatic rings. The average Bonchev–Trinajstić information content (AvgIpc) is 3.37. The van der Waals surface area contributed by atoms with E-state index in [2.05, 4.69) is 15.2 Å². The molecule has 31 heavy (non-hydrogen) atoms. The maximum Gasteiger partial charge on any atom is 0.272 e. The standard InChI is InChI=1S/C23H21N5O3/c1-15-12-20(27(2)25-15)23(29)28-13-19(14-28)30-18-10-8-17(9-11-18)22-24-21(26-31-22)16-6-4-3-5-7-16/h3-12,19H,13-14H2,1-2H3. The Morgan fingerprint density at radius 3 is 2.48 bits per heavy atom. The van der Waals surface area contributed by atoms with Gasteiger partial charge in [0.25, 0.3) is 11.8 Å². The van der Waals surface area contributed by atoms with Gasteiger partial charge in [-0.05, 0) is 37.3 Å². The highest BCUT2D eigenvalue weighted by Crippen LogP contribution is 2.26. The van der Waals surface area contributed by atoms with Gasteiger partial charge in [-0.25, -0.2) is 0 Å². The summed E-state index contributed by atoms with van der Waals surface area (Å²) in [6.07, 6.45) is -0.0304. The van der Waals surface area contributed by atoms with Gasteiger partial charge in [-0.2, -0.15) is 10.1 Å². The fourth-order valence-corrected chi connectivity index (χ4v) is 3.57. The van der Waals surface area contributed by atoms with Crippen LogP contribution in [0.25, 0.3) is 22.8 Å². The van der Waals surface area contributed by atoms with E-state index in [0.717, 1.165) is 22.6 Å². The van der Waals surface area contributed by atoms with Gasteiger partial charge < -0.3 is 14.2 Å². The summed E-state index contributed by atoms with van der Waals surface area (Å²) in [5, 5.41) is 8.28. The van der Waals surface area contributed by atoms with Gasteiger partial charge in [-0.3, -0.25) is 9.48 Å². The highest BCUT2D eigenvalue weighted by Gasteiger charge is 2.34. The Kier molecular flexibility index (Phi) is 4.74. The lowest BCUT2D eigenvalue weighted by Gasteiger charge is -2.38. The van der Waals surface area contributed by atoms with Crippen LogP contribution in [0.3, 0.4) is 0 Å². The van der Waals surface area contributed by atoms with Gasteiger partial charge in [0.2, 0.25) is 5.82 Å². The van der Waals surface area contributed by atoms with Crippen LogP contribution >= 0.6 is 0 Å². The van der Waals surface area contributed by atoms with Gasteiger partial charge in [0.1, 0.15) is 17.5 Å². The second-order valence-electron chi connectivity index (χ2n) is 7.56. The third-order valence-corrected chi connectivity index (χ3v) is 5.22. The van der Waals surface area contributed by atoms with Crippen LogP contribution in [-0.4, -0.2) is 49.9 Å². The summed E-state index contributed by atoms with van der Waals surface area (Å²) < 4.78 is 13.0. The first-order valence-corrected chi connectivity index (χ1v) is 10.0. The second kappa shape index (κ2) is 7.71. The molecule has 1 saturated heterocycles. The first-order valence-electron chi connectivity index (χ1n) is 10.0. The Bertz CT molecular complexity index is 1210. The highest BCUT2D eigenvalue weighted by atomic mass is 16.5. The van der Waals surface area contributed by atoms with Crippen molar-refractivity contribution in [3.05, 3.63) is 72.1 Å². The van der Waals surface area contributed by atoms with Crippen molar-refractivity contribution in [2.45, 2.75) is 13.0 Å². The molecule has 2 aromatic carbocycles. The molecule has 0 radical (unpaired) electrons. The zero-order valence-corrected chi connectivity index (χ0v) is 17.2. The molecule has 5 rings (SSSR count). The Morgan fingerprint density at radius 1 is 1.06 bits per heavy atom. The van der Waals surface area contributed by atoms with E-state index in [0.29, 0.717) is 30.5 Å². The van der Waals surface area contributed by atoms with Gasteiger partial charge in [0, 0.05) is 18.2 Å². The largest absolute Gasteiger partial charge is 0.487 e. The maximum absolute atomic E-state index is 12.6. The maximum atomic E-state index is 12.6. The van der Waals surface area contributed by atoms with E-state index in [-0.39, 0.29) is 12.0 Å². The molecular weight excluding hydrogens is 394 g/mol. The van der Waals surface area contributed by atoms with E-state index in [4.69, 9.17) is 9.26 Å². The summed E-state index contributed by atoms with van der Waals surface area (Å²) in [5.74, 6) is 1.72. The Morgan fingerprint density at radius 2 is 1.81 bits per heavy atom. The van der Waals surface area contributed by atoms with Gasteiger partial charge >= 0.3 is 0 Å². The minimum Gasteiger partial charge on any atom is -0.487 e. The Hall–Kier alpha value is -3.94. The smallest absolute Gasteiger partial charge is 0.272 e. The summed E-state index contributed by atoms with van der Waals surface area (Å²) in [6.45, 7) is 2.98. The van der Waals surface area contributed by atoms with Crippen LogP contribution in [0, 0.1) is 6.92 Å². The lowest BCUT2D eigenvalue weighted by atomic mass is 10.1. The molecule has 0 spiro atoms. The molecule has 0 atom stereocenters. The number of ether oxygens (including phenoxy) is 1. The van der Waals surface area contributed by atoms with Gasteiger partial charge in [0.05, 0.1) is 18.8 Å². The topological polar surface area (TPSA) is 86.3 Å². The van der Waals surface area contributed by atoms with E-state index >= 15 is 0 Å². The van der Waals surface area contributed by atoms with Crippen LogP contribution in [0.2, 0.25) is 0 Å². The quantitative estimate of drug-likeness (QED) is 0.497. The van der Waals surface area contributed by atoms with E-state index in [1.165, 1.54) is 0 Å². The molecular formula is C23H21N5O3. The molecule has 156 valence electrons. The summed E-state index contributed by atoms with van der Waals surface area (Å²) in [4.78, 5) is 18.8. The number of amides is 1. The number of aryl methyl sites for hydroxylation is 2. The van der Waals surface area contributed by atoms with Crippen molar-refractivity contribution in [1.82, 2.24) is 24.8 Å². The summed E-state index contributed by atoms with van der Waals surface area (Å²) in [6, 6.07) is 19.0. The van der Waals surface area contributed by atoms with Crippen LogP contribution < -0.4 is 4.74 Å². The fourth-order valence-electron chi connectivity index (χ4n) is 3.57. The molecule has 8 nitrogen and oxygen atoms in total. The number of hydrogen-bond acceptors (Lipinski definition) is 6. The predicted molar refractivity (Wildman–Crippen MR) is 113 cm³/mol. The lowest BCUT2D eigenvalue weighted by molar-refractivity contribution is 0.0170. The van der Waals surface area contributed by atoms with Crippen molar-refractivity contribution >= 4 is 5.91 Å². The predicted octanol–water partition coefficient (Wildman–Crippen LogP) is 3.35. The van der Waals surface area contributed by atoms with Crippen molar-refractivity contribution in [2.24, 2.45) is 7.05 Å². The third-order valence-electron chi connectivity index (χ3n) is 5.22. The summed E-state index contributed by atoms with van der Waals surface area (Å²) in [5.41, 5.74) is 3.15. The molecule has 0 saturated carbocycles. The zero-order valence-electron chi connectivity index (χ0n) is 17.2. The molecule has 1 aliphatic heterocycles. The summed E-state index contributed by atoms with van der Waals surface area (Å²) >= 11 is 0. The molecule has 0 bridgehead atoms. The molecule has 1 aliphatic rings. The fraction of sp³-hybridized carbons (Fsp3) is 0.217. The molecule has 1 amide bonds. The number of carbonyl (C=O) groups is 1. The van der Waals surface area contributed by atoms with E-state index in [1.54, 1.807) is 22.7 Å². The van der Waals surface area contributed by atoms with Crippen molar-refractivity contribution in [3.8, 4) is 28.6 Å². The second-order valence-corrected chi connectivity index (χ2v) is 7.56. The van der Waals surface area contributed by atoms with Crippen LogP contribution in [0.4, 0.5) is 0 Å². The van der Waals surface area contributed by atoms with Crippen molar-refractivity contribution in [1.29, 1.82) is 0 Å². The van der Waals surface area contributed by atoms with Crippen LogP contribution in [0.5, 0.6) is 5.75 Å². The summed E-state index contributed by atoms with van der Waals surface area (Å²) in [7, 11) is 1.78. The minimum absolute atomic E-state index is 0.0242. The molecule has 2 aromatic heterocycles. The highest BCUT2D eigenvalue weighted by molar-refractivity contribution is 5.93. The lowest BCUT2D eigenvalue weighted by Crippen LogP contribution is -2.56. The average molecular weight is 415 g/mol. The molecule has 0 N–H and O–H groups in total. The van der Waals surface area contributed by atoms with Gasteiger partial charge in [-0.1, -0.05) is 35.5 Å². The number of aromatic nitrogens is 4. The molecule has 1 fully saturated rings. The number of rotatable bonds is 5. The number of carbonyl (C=O) groups excluding carboxylic acids is 1. The van der Waals surface area contributed by atoms with E-state index < -0.39 is 0 Å². The molecule has 0 aliphatic carbocycles. The van der Waals surface area contributed by atoms with Crippen molar-refractivity contribution in [3.63, 3.8) is 0 Å². The first-order chi connectivity index (χ1) is 15.1. The minimum atomic E-state index is -0.0304. The van der Waals surface area contributed by atoms with Crippen molar-refractivity contribution < 1.29 is 14.1 Å². The zero-order chi connectivity index (χ0) is 21.4. The molecule has 8 heteroatoms. The Labute approximate surface area is 179 Å². The number of hydrogen-bond donors (Lipinski definition) is 0. The van der Waals surface area contributed by atoms with Crippen LogP contribution in [0.15, 0.2) is 65.2 Å². The molecule has 3 heterocycles. The van der Waals surface area contributed by atoms with Crippen molar-refractivity contribution in [2.75, 3.05) is 13.1 Å². The van der Waals surface area contributed by atoms with E-state index in [9.17, 15) is 4.79 Å². The monoisotopic (exact) mass is 415 g/mol. The normalized spacial score (nSPS) is 13.8. The number of likely N-dealkylation sites (tertiary alicyclic amines) is 1. The third kappa shape index (κ3) is 3.79. The van der Waals surface area contributed by atoms with Gasteiger partial charge in [-0.15, -0.1) is 0 Å². The van der Waals surface area contributed by atoms with Crippen LogP contribution in [0.1, 0.15) is 16.2 Å². The van der Waals surface area contributed by atoms with Crippen LogP contribution in [-0.2, 0) is 7.05 Å². The molecule has 0 unspecified atom stereocenters. The van der Waals surface area contributed by atoms with E-state index in [1.807, 2.05) is 61.5 Å². The van der Waals surface area contributed by atoms with Gasteiger partial charge in [0.15, 0.2) is 0 Å².